The highest BCUT2D eigenvalue weighted by atomic mass is 35.5. The Morgan fingerprint density at radius 3 is 2.55 bits per heavy atom. The van der Waals surface area contributed by atoms with Crippen LogP contribution in [0.1, 0.15) is 25.5 Å². The molecule has 1 N–H and O–H groups in total. The van der Waals surface area contributed by atoms with Crippen LogP contribution >= 0.6 is 11.6 Å². The third kappa shape index (κ3) is 4.14. The van der Waals surface area contributed by atoms with Crippen LogP contribution in [0.15, 0.2) is 35.9 Å². The molecule has 1 rings (SSSR count). The summed E-state index contributed by atoms with van der Waals surface area (Å²) in [5, 5.41) is 18.7. The molecule has 6 nitrogen and oxygen atoms in total. The lowest BCUT2D eigenvalue weighted by Gasteiger charge is -2.11. The van der Waals surface area contributed by atoms with Crippen LogP contribution in [0.5, 0.6) is 0 Å². The number of nitrogens with zero attached hydrogens (tertiary/aromatic N) is 2. The van der Waals surface area contributed by atoms with Gasteiger partial charge in [-0.1, -0.05) is 23.7 Å². The summed E-state index contributed by atoms with van der Waals surface area (Å²) in [7, 11) is 0. The Hall–Kier alpha value is -2.26. The molecule has 1 aromatic carbocycles. The average Bonchev–Trinajstić information content (AvgIpc) is 2.40. The third-order valence-electron chi connectivity index (χ3n) is 2.40. The summed E-state index contributed by atoms with van der Waals surface area (Å²) in [6.45, 7) is 3.35. The quantitative estimate of drug-likeness (QED) is 0.389. The number of carbonyl (C=O) groups is 1. The van der Waals surface area contributed by atoms with Gasteiger partial charge in [0, 0.05) is 5.02 Å². The summed E-state index contributed by atoms with van der Waals surface area (Å²) < 4.78 is 9.75. The number of hydrogen-bond acceptors (Lipinski definition) is 5. The van der Waals surface area contributed by atoms with Crippen LogP contribution in [0.2, 0.25) is 5.02 Å². The molecule has 0 heterocycles. The van der Waals surface area contributed by atoms with E-state index in [-0.39, 0.29) is 6.61 Å². The maximum atomic E-state index is 11.7. The van der Waals surface area contributed by atoms with E-state index in [2.05, 4.69) is 9.71 Å². The lowest BCUT2D eigenvalue weighted by molar-refractivity contribution is -0.144. The zero-order valence-corrected chi connectivity index (χ0v) is 11.8. The molecule has 0 bridgehead atoms. The number of aliphatic hydroxyl groups is 1. The van der Waals surface area contributed by atoms with E-state index in [1.165, 1.54) is 0 Å². The summed E-state index contributed by atoms with van der Waals surface area (Å²) in [5.74, 6) is -1.79. The predicted octanol–water partition coefficient (Wildman–Crippen LogP) is 3.56. The van der Waals surface area contributed by atoms with Crippen molar-refractivity contribution in [2.45, 2.75) is 20.0 Å². The summed E-state index contributed by atoms with van der Waals surface area (Å²) in [4.78, 5) is 14.4. The fourth-order valence-electron chi connectivity index (χ4n) is 1.39. The van der Waals surface area contributed by atoms with Crippen molar-refractivity contribution in [2.75, 3.05) is 6.61 Å². The van der Waals surface area contributed by atoms with Crippen molar-refractivity contribution in [1.82, 2.24) is 0 Å². The van der Waals surface area contributed by atoms with E-state index >= 15 is 0 Å². The van der Waals surface area contributed by atoms with Crippen LogP contribution in [0.25, 0.3) is 4.98 Å². The van der Waals surface area contributed by atoms with E-state index in [1.807, 2.05) is 0 Å². The number of aliphatic hydroxyl groups excluding tert-OH is 1. The summed E-state index contributed by atoms with van der Waals surface area (Å²) in [6.07, 6.45) is -0.606. The maximum absolute atomic E-state index is 11.7. The Morgan fingerprint density at radius 2 is 2.05 bits per heavy atom. The number of ether oxygens (including phenoxy) is 2. The van der Waals surface area contributed by atoms with Crippen LogP contribution in [0.4, 0.5) is 0 Å². The highest BCUT2D eigenvalue weighted by Crippen LogP contribution is 2.21. The van der Waals surface area contributed by atoms with Gasteiger partial charge in [-0.05, 0) is 31.5 Å². The van der Waals surface area contributed by atoms with Crippen LogP contribution in [-0.2, 0) is 14.3 Å². The summed E-state index contributed by atoms with van der Waals surface area (Å²) in [5.41, 5.74) is 0.0172. The average molecular weight is 298 g/mol. The molecule has 0 amide bonds. The number of esters is 1. The second-order valence-electron chi connectivity index (χ2n) is 3.79. The molecule has 0 aliphatic rings. The maximum Gasteiger partial charge on any atom is 0.547 e. The number of benzene rings is 1. The SMILES string of the molecule is CCO/C(O)=C(/[N+]#N)C(=O)OC(C)c1ccc(Cl)cc1. The minimum Gasteiger partial charge on any atom is -0.475 e. The van der Waals surface area contributed by atoms with Gasteiger partial charge in [-0.3, -0.25) is 0 Å². The van der Waals surface area contributed by atoms with E-state index in [0.717, 1.165) is 0 Å². The van der Waals surface area contributed by atoms with Crippen molar-refractivity contribution in [1.29, 1.82) is 5.39 Å². The van der Waals surface area contributed by atoms with Gasteiger partial charge >= 0.3 is 17.6 Å². The Balaban J connectivity index is 2.82. The molecular formula is C13H14ClN2O4+. The van der Waals surface area contributed by atoms with E-state index in [9.17, 15) is 9.90 Å². The topological polar surface area (TPSA) is 83.9 Å². The Labute approximate surface area is 121 Å². The normalized spacial score (nSPS) is 12.9. The molecule has 0 aliphatic heterocycles. The molecule has 0 spiro atoms. The monoisotopic (exact) mass is 297 g/mol. The number of halogens is 1. The van der Waals surface area contributed by atoms with Gasteiger partial charge in [-0.25, -0.2) is 4.79 Å². The molecule has 106 valence electrons. The van der Waals surface area contributed by atoms with Crippen LogP contribution < -0.4 is 0 Å². The summed E-state index contributed by atoms with van der Waals surface area (Å²) >= 11 is 5.76. The molecule has 7 heteroatoms. The first-order valence-electron chi connectivity index (χ1n) is 5.87. The van der Waals surface area contributed by atoms with Gasteiger partial charge in [0.15, 0.2) is 4.98 Å². The van der Waals surface area contributed by atoms with Gasteiger partial charge in [0.25, 0.3) is 0 Å². The molecule has 0 aliphatic carbocycles. The minimum atomic E-state index is -0.999. The Morgan fingerprint density at radius 1 is 1.45 bits per heavy atom. The smallest absolute Gasteiger partial charge is 0.475 e. The molecule has 1 unspecified atom stereocenters. The van der Waals surface area contributed by atoms with E-state index in [4.69, 9.17) is 21.7 Å². The Kier molecular flexibility index (Phi) is 5.81. The van der Waals surface area contributed by atoms with Crippen molar-refractivity contribution in [3.05, 3.63) is 51.5 Å². The third-order valence-corrected chi connectivity index (χ3v) is 2.65. The van der Waals surface area contributed by atoms with Gasteiger partial charge in [0.2, 0.25) is 5.39 Å². The van der Waals surface area contributed by atoms with Crippen molar-refractivity contribution in [3.63, 3.8) is 0 Å². The Bertz CT molecular complexity index is 548. The molecule has 0 aromatic heterocycles. The number of diazo groups is 1. The van der Waals surface area contributed by atoms with E-state index in [0.29, 0.717) is 10.6 Å². The minimum absolute atomic E-state index is 0.116. The van der Waals surface area contributed by atoms with Gasteiger partial charge in [0.05, 0.1) is 6.61 Å². The molecule has 0 fully saturated rings. The van der Waals surface area contributed by atoms with Gasteiger partial charge < -0.3 is 14.6 Å². The first kappa shape index (κ1) is 15.8. The molecule has 1 atom stereocenters. The number of rotatable bonds is 5. The van der Waals surface area contributed by atoms with Crippen LogP contribution in [0.3, 0.4) is 0 Å². The number of hydrogen-bond donors (Lipinski definition) is 1. The molecule has 0 saturated carbocycles. The number of carbonyl (C=O) groups excluding carboxylic acids is 1. The van der Waals surface area contributed by atoms with E-state index in [1.54, 1.807) is 38.1 Å². The molecule has 0 saturated heterocycles. The van der Waals surface area contributed by atoms with Crippen LogP contribution in [0, 0.1) is 5.39 Å². The van der Waals surface area contributed by atoms with E-state index < -0.39 is 23.7 Å². The van der Waals surface area contributed by atoms with Crippen molar-refractivity contribution in [2.24, 2.45) is 0 Å². The highest BCUT2D eigenvalue weighted by Gasteiger charge is 2.34. The van der Waals surface area contributed by atoms with Gasteiger partial charge in [-0.15, -0.1) is 0 Å². The second-order valence-corrected chi connectivity index (χ2v) is 4.22. The molecule has 20 heavy (non-hydrogen) atoms. The molecule has 1 aromatic rings. The van der Waals surface area contributed by atoms with Gasteiger partial charge in [0.1, 0.15) is 6.10 Å². The predicted molar refractivity (Wildman–Crippen MR) is 72.3 cm³/mol. The fraction of sp³-hybridized carbons (Fsp3) is 0.308. The fourth-order valence-corrected chi connectivity index (χ4v) is 1.52. The zero-order valence-electron chi connectivity index (χ0n) is 11.0. The van der Waals surface area contributed by atoms with Crippen molar-refractivity contribution in [3.8, 4) is 0 Å². The molecular weight excluding hydrogens is 284 g/mol. The summed E-state index contributed by atoms with van der Waals surface area (Å²) in [6, 6.07) is 6.71. The van der Waals surface area contributed by atoms with Gasteiger partial charge in [-0.2, -0.15) is 0 Å². The molecule has 0 radical (unpaired) electrons. The first-order valence-corrected chi connectivity index (χ1v) is 6.25. The largest absolute Gasteiger partial charge is 0.547 e. The zero-order chi connectivity index (χ0) is 15.1. The van der Waals surface area contributed by atoms with Crippen LogP contribution in [-0.4, -0.2) is 17.7 Å². The van der Waals surface area contributed by atoms with Crippen molar-refractivity contribution >= 4 is 17.6 Å². The second kappa shape index (κ2) is 7.36. The van der Waals surface area contributed by atoms with Crippen molar-refractivity contribution < 1.29 is 19.4 Å². The standard InChI is InChI=1S/C13H13ClN2O4/c1-3-19-12(17)11(16-15)13(18)20-8(2)9-4-6-10(14)7-5-9/h4-8H,3H2,1-2H3/p+1. The first-order chi connectivity index (χ1) is 9.49. The lowest BCUT2D eigenvalue weighted by atomic mass is 10.1. The highest BCUT2D eigenvalue weighted by molar-refractivity contribution is 6.30. The lowest BCUT2D eigenvalue weighted by Crippen LogP contribution is -2.12.